The van der Waals surface area contributed by atoms with E-state index in [4.69, 9.17) is 10.5 Å². The van der Waals surface area contributed by atoms with E-state index in [0.717, 1.165) is 5.01 Å². The van der Waals surface area contributed by atoms with Crippen molar-refractivity contribution in [1.82, 2.24) is 15.0 Å². The summed E-state index contributed by atoms with van der Waals surface area (Å²) in [6, 6.07) is 0. The van der Waals surface area contributed by atoms with Crippen molar-refractivity contribution in [3.05, 3.63) is 22.4 Å². The van der Waals surface area contributed by atoms with Gasteiger partial charge in [-0.05, 0) is 13.8 Å². The Morgan fingerprint density at radius 2 is 2.22 bits per heavy atom. The molecule has 6 nitrogen and oxygen atoms in total. The van der Waals surface area contributed by atoms with Crippen LogP contribution in [0.25, 0.3) is 0 Å². The van der Waals surface area contributed by atoms with Gasteiger partial charge in [0.05, 0.1) is 13.2 Å². The van der Waals surface area contributed by atoms with Crippen LogP contribution in [0.4, 0.5) is 11.5 Å². The molecule has 2 rings (SSSR count). The van der Waals surface area contributed by atoms with E-state index < -0.39 is 0 Å². The van der Waals surface area contributed by atoms with Crippen molar-refractivity contribution in [3.8, 4) is 5.88 Å². The van der Waals surface area contributed by atoms with Gasteiger partial charge >= 0.3 is 0 Å². The van der Waals surface area contributed by atoms with Gasteiger partial charge in [-0.2, -0.15) is 4.98 Å². The third kappa shape index (κ3) is 2.86. The molecule has 0 saturated carbocycles. The van der Waals surface area contributed by atoms with Crippen LogP contribution in [0.2, 0.25) is 0 Å². The lowest BCUT2D eigenvalue weighted by molar-refractivity contribution is 0.328. The lowest BCUT2D eigenvalue weighted by Crippen LogP contribution is -2.07. The maximum atomic E-state index is 5.91. The quantitative estimate of drug-likeness (QED) is 0.857. The van der Waals surface area contributed by atoms with Crippen molar-refractivity contribution in [3.63, 3.8) is 0 Å². The number of nitrogens with one attached hydrogen (secondary N) is 1. The van der Waals surface area contributed by atoms with Crippen molar-refractivity contribution in [2.75, 3.05) is 17.7 Å². The Balaban J connectivity index is 2.07. The van der Waals surface area contributed by atoms with Crippen molar-refractivity contribution in [2.45, 2.75) is 20.4 Å². The number of anilines is 2. The van der Waals surface area contributed by atoms with Crippen LogP contribution in [0.5, 0.6) is 5.88 Å². The highest BCUT2D eigenvalue weighted by Crippen LogP contribution is 2.25. The molecule has 0 aliphatic heterocycles. The summed E-state index contributed by atoms with van der Waals surface area (Å²) in [7, 11) is 0. The van der Waals surface area contributed by atoms with Crippen LogP contribution < -0.4 is 15.8 Å². The first-order chi connectivity index (χ1) is 8.70. The molecule has 0 fully saturated rings. The van der Waals surface area contributed by atoms with Gasteiger partial charge in [-0.3, -0.25) is 0 Å². The molecular weight excluding hydrogens is 250 g/mol. The predicted molar refractivity (Wildman–Crippen MR) is 71.8 cm³/mol. The second-order valence-corrected chi connectivity index (χ2v) is 4.91. The Kier molecular flexibility index (Phi) is 3.93. The minimum atomic E-state index is 0.408. The number of nitrogens with two attached hydrogens (primary N) is 1. The third-order valence-electron chi connectivity index (χ3n) is 2.20. The Morgan fingerprint density at radius 1 is 1.39 bits per heavy atom. The molecule has 0 atom stereocenters. The zero-order valence-electron chi connectivity index (χ0n) is 10.3. The van der Waals surface area contributed by atoms with E-state index >= 15 is 0 Å². The van der Waals surface area contributed by atoms with E-state index in [-0.39, 0.29) is 0 Å². The summed E-state index contributed by atoms with van der Waals surface area (Å²) in [4.78, 5) is 13.5. The van der Waals surface area contributed by atoms with Crippen LogP contribution in [0.15, 0.2) is 12.5 Å². The second-order valence-electron chi connectivity index (χ2n) is 3.59. The number of nitrogens with zero attached hydrogens (tertiary/aromatic N) is 3. The van der Waals surface area contributed by atoms with Crippen LogP contribution in [-0.2, 0) is 6.54 Å². The number of rotatable bonds is 5. The van der Waals surface area contributed by atoms with Crippen molar-refractivity contribution >= 4 is 22.8 Å². The summed E-state index contributed by atoms with van der Waals surface area (Å²) in [5.41, 5.74) is 6.33. The maximum absolute atomic E-state index is 5.91. The summed E-state index contributed by atoms with van der Waals surface area (Å²) in [5.74, 6) is 0.978. The zero-order valence-corrected chi connectivity index (χ0v) is 11.1. The number of nitrogen functional groups attached to an aromatic ring is 1. The number of thiazole rings is 1. The topological polar surface area (TPSA) is 86.0 Å². The molecule has 0 aliphatic carbocycles. The average molecular weight is 265 g/mol. The monoisotopic (exact) mass is 265 g/mol. The molecule has 0 bridgehead atoms. The Labute approximate surface area is 109 Å². The Bertz CT molecular complexity index is 528. The first-order valence-corrected chi connectivity index (χ1v) is 6.40. The number of ether oxygens (including phenoxy) is 1. The van der Waals surface area contributed by atoms with Gasteiger partial charge in [0, 0.05) is 11.1 Å². The van der Waals surface area contributed by atoms with E-state index in [1.807, 2.05) is 20.0 Å². The fourth-order valence-corrected chi connectivity index (χ4v) is 2.14. The molecular formula is C11H15N5OS. The molecule has 3 N–H and O–H groups in total. The van der Waals surface area contributed by atoms with E-state index in [9.17, 15) is 0 Å². The van der Waals surface area contributed by atoms with E-state index in [2.05, 4.69) is 20.3 Å². The molecule has 18 heavy (non-hydrogen) atoms. The number of hydrogen-bond acceptors (Lipinski definition) is 7. The Hall–Kier alpha value is -1.89. The average Bonchev–Trinajstić information content (AvgIpc) is 2.77. The molecule has 0 aliphatic rings. The minimum Gasteiger partial charge on any atom is -0.476 e. The van der Waals surface area contributed by atoms with Gasteiger partial charge in [0.2, 0.25) is 5.88 Å². The molecule has 7 heteroatoms. The maximum Gasteiger partial charge on any atom is 0.242 e. The molecule has 0 spiro atoms. The predicted octanol–water partition coefficient (Wildman–Crippen LogP) is 1.83. The summed E-state index contributed by atoms with van der Waals surface area (Å²) in [6.45, 7) is 5.01. The molecule has 2 heterocycles. The van der Waals surface area contributed by atoms with Crippen molar-refractivity contribution < 1.29 is 4.74 Å². The van der Waals surface area contributed by atoms with Gasteiger partial charge in [0.1, 0.15) is 17.0 Å². The number of aryl methyl sites for hydroxylation is 1. The molecule has 0 saturated heterocycles. The summed E-state index contributed by atoms with van der Waals surface area (Å²) in [5, 5.41) is 4.12. The molecule has 2 aromatic rings. The second kappa shape index (κ2) is 5.63. The normalized spacial score (nSPS) is 10.3. The molecule has 0 radical (unpaired) electrons. The fourth-order valence-electron chi connectivity index (χ4n) is 1.41. The highest BCUT2D eigenvalue weighted by Gasteiger charge is 2.09. The highest BCUT2D eigenvalue weighted by molar-refractivity contribution is 7.11. The first-order valence-electron chi connectivity index (χ1n) is 5.59. The van der Waals surface area contributed by atoms with Gasteiger partial charge in [0.25, 0.3) is 0 Å². The molecule has 2 aromatic heterocycles. The SMILES string of the molecule is CCOc1ncnc(NCc2ncc(C)s2)c1N. The lowest BCUT2D eigenvalue weighted by Gasteiger charge is -2.09. The van der Waals surface area contributed by atoms with Gasteiger partial charge in [0.15, 0.2) is 5.82 Å². The van der Waals surface area contributed by atoms with Crippen LogP contribution in [-0.4, -0.2) is 21.6 Å². The lowest BCUT2D eigenvalue weighted by atomic mass is 10.4. The van der Waals surface area contributed by atoms with E-state index in [0.29, 0.717) is 30.5 Å². The van der Waals surface area contributed by atoms with E-state index in [1.165, 1.54) is 11.2 Å². The fraction of sp³-hybridized carbons (Fsp3) is 0.364. The highest BCUT2D eigenvalue weighted by atomic mass is 32.1. The van der Waals surface area contributed by atoms with Crippen molar-refractivity contribution in [2.24, 2.45) is 0 Å². The first kappa shape index (κ1) is 12.6. The van der Waals surface area contributed by atoms with Crippen LogP contribution in [0.1, 0.15) is 16.8 Å². The minimum absolute atomic E-state index is 0.408. The summed E-state index contributed by atoms with van der Waals surface area (Å²) in [6.07, 6.45) is 3.27. The molecule has 96 valence electrons. The standard InChI is InChI=1S/C11H15N5OS/c1-3-17-11-9(12)10(15-6-16-11)14-5-8-13-4-7(2)18-8/h4,6H,3,5,12H2,1-2H3,(H,14,15,16). The number of aromatic nitrogens is 3. The van der Waals surface area contributed by atoms with Gasteiger partial charge < -0.3 is 15.8 Å². The third-order valence-corrected chi connectivity index (χ3v) is 3.12. The van der Waals surface area contributed by atoms with Crippen molar-refractivity contribution in [1.29, 1.82) is 0 Å². The van der Waals surface area contributed by atoms with Gasteiger partial charge in [-0.1, -0.05) is 0 Å². The largest absolute Gasteiger partial charge is 0.476 e. The van der Waals surface area contributed by atoms with Gasteiger partial charge in [-0.15, -0.1) is 11.3 Å². The van der Waals surface area contributed by atoms with E-state index in [1.54, 1.807) is 11.3 Å². The van der Waals surface area contributed by atoms with Crippen LogP contribution in [0.3, 0.4) is 0 Å². The van der Waals surface area contributed by atoms with Crippen LogP contribution >= 0.6 is 11.3 Å². The molecule has 0 aromatic carbocycles. The smallest absolute Gasteiger partial charge is 0.242 e. The molecule has 0 amide bonds. The summed E-state index contributed by atoms with van der Waals surface area (Å²) < 4.78 is 5.30. The van der Waals surface area contributed by atoms with Gasteiger partial charge in [-0.25, -0.2) is 9.97 Å². The zero-order chi connectivity index (χ0) is 13.0. The van der Waals surface area contributed by atoms with Crippen LogP contribution in [0, 0.1) is 6.92 Å². The Morgan fingerprint density at radius 3 is 2.89 bits per heavy atom. The molecule has 0 unspecified atom stereocenters. The summed E-state index contributed by atoms with van der Waals surface area (Å²) >= 11 is 1.64. The number of hydrogen-bond donors (Lipinski definition) is 2.